The number of nitrogens with zero attached hydrogens (tertiary/aromatic N) is 5. The third-order valence-corrected chi connectivity index (χ3v) is 6.02. The molecule has 31 heavy (non-hydrogen) atoms. The van der Waals surface area contributed by atoms with Gasteiger partial charge in [-0.25, -0.2) is 4.79 Å². The summed E-state index contributed by atoms with van der Waals surface area (Å²) >= 11 is 6.10. The van der Waals surface area contributed by atoms with E-state index in [-0.39, 0.29) is 30.4 Å². The van der Waals surface area contributed by atoms with Gasteiger partial charge in [-0.3, -0.25) is 18.9 Å². The number of imidazole rings is 1. The highest BCUT2D eigenvalue weighted by atomic mass is 35.5. The Kier molecular flexibility index (Phi) is 5.11. The van der Waals surface area contributed by atoms with Crippen LogP contribution in [0.2, 0.25) is 5.02 Å². The molecule has 3 heterocycles. The lowest BCUT2D eigenvalue weighted by Gasteiger charge is -2.16. The van der Waals surface area contributed by atoms with Crippen LogP contribution in [0, 0.1) is 0 Å². The Bertz CT molecular complexity index is 1400. The zero-order chi connectivity index (χ0) is 21.5. The summed E-state index contributed by atoms with van der Waals surface area (Å²) in [6.45, 7) is 0.815. The van der Waals surface area contributed by atoms with E-state index in [1.807, 2.05) is 15.2 Å². The van der Waals surface area contributed by atoms with Crippen LogP contribution in [0.4, 0.5) is 0 Å². The monoisotopic (exact) mass is 439 g/mol. The Balaban J connectivity index is 1.68. The van der Waals surface area contributed by atoms with E-state index in [1.165, 1.54) is 0 Å². The Morgan fingerprint density at radius 3 is 2.68 bits per heavy atom. The fourth-order valence-corrected chi connectivity index (χ4v) is 4.32. The average molecular weight is 440 g/mol. The maximum atomic E-state index is 13.3. The minimum absolute atomic E-state index is 0.0900. The number of aliphatic hydroxyl groups excluding tert-OH is 1. The van der Waals surface area contributed by atoms with Crippen molar-refractivity contribution in [2.75, 3.05) is 6.61 Å². The summed E-state index contributed by atoms with van der Waals surface area (Å²) in [6.07, 6.45) is 6.69. The van der Waals surface area contributed by atoms with Crippen molar-refractivity contribution < 1.29 is 5.11 Å². The first-order chi connectivity index (χ1) is 15.1. The van der Waals surface area contributed by atoms with Crippen molar-refractivity contribution in [2.45, 2.75) is 44.8 Å². The zero-order valence-electron chi connectivity index (χ0n) is 16.9. The summed E-state index contributed by atoms with van der Waals surface area (Å²) < 4.78 is 5.42. The summed E-state index contributed by atoms with van der Waals surface area (Å²) in [6, 6.07) is 7.24. The van der Waals surface area contributed by atoms with E-state index in [4.69, 9.17) is 11.6 Å². The molecule has 1 aliphatic rings. The number of hydrogen-bond acceptors (Lipinski definition) is 5. The summed E-state index contributed by atoms with van der Waals surface area (Å²) in [5.74, 6) is 0.499. The molecule has 1 fully saturated rings. The minimum Gasteiger partial charge on any atom is -0.396 e. The van der Waals surface area contributed by atoms with Crippen molar-refractivity contribution in [2.24, 2.45) is 0 Å². The van der Waals surface area contributed by atoms with Gasteiger partial charge in [0.05, 0.1) is 34.7 Å². The van der Waals surface area contributed by atoms with Crippen LogP contribution in [-0.4, -0.2) is 35.4 Å². The molecule has 0 aliphatic heterocycles. The SMILES string of the molecule is O=c1nc(Cn2c(=O)n(C3CC3)c3ccncc32)n(CCCCO)c2ccc(Cl)cc12. The number of unbranched alkanes of at least 4 members (excludes halogenated alkanes) is 1. The highest BCUT2D eigenvalue weighted by Crippen LogP contribution is 2.36. The van der Waals surface area contributed by atoms with Gasteiger partial charge in [0, 0.05) is 30.4 Å². The minimum atomic E-state index is -0.372. The molecule has 4 aromatic rings. The first kappa shape index (κ1) is 20.0. The summed E-state index contributed by atoms with van der Waals surface area (Å²) in [5, 5.41) is 10.1. The molecule has 0 bridgehead atoms. The van der Waals surface area contributed by atoms with Crippen molar-refractivity contribution in [1.82, 2.24) is 23.7 Å². The van der Waals surface area contributed by atoms with Gasteiger partial charge >= 0.3 is 5.69 Å². The van der Waals surface area contributed by atoms with Gasteiger partial charge in [-0.1, -0.05) is 11.6 Å². The van der Waals surface area contributed by atoms with E-state index in [9.17, 15) is 14.7 Å². The molecule has 0 unspecified atom stereocenters. The molecule has 5 rings (SSSR count). The number of fused-ring (bicyclic) bond motifs is 2. The van der Waals surface area contributed by atoms with Crippen molar-refractivity contribution in [3.63, 3.8) is 0 Å². The van der Waals surface area contributed by atoms with Gasteiger partial charge in [0.15, 0.2) is 0 Å². The lowest BCUT2D eigenvalue weighted by atomic mass is 10.2. The van der Waals surface area contributed by atoms with E-state index < -0.39 is 0 Å². The van der Waals surface area contributed by atoms with E-state index in [2.05, 4.69) is 9.97 Å². The largest absolute Gasteiger partial charge is 0.396 e. The molecule has 0 amide bonds. The molecule has 1 aliphatic carbocycles. The molecular weight excluding hydrogens is 418 g/mol. The number of aromatic nitrogens is 5. The summed E-state index contributed by atoms with van der Waals surface area (Å²) in [4.78, 5) is 34.6. The molecule has 0 atom stereocenters. The van der Waals surface area contributed by atoms with Crippen LogP contribution in [-0.2, 0) is 13.1 Å². The Morgan fingerprint density at radius 1 is 1.06 bits per heavy atom. The van der Waals surface area contributed by atoms with Crippen LogP contribution in [0.3, 0.4) is 0 Å². The number of aliphatic hydroxyl groups is 1. The molecular formula is C22H22ClN5O3. The molecule has 0 radical (unpaired) electrons. The van der Waals surface area contributed by atoms with E-state index in [1.54, 1.807) is 35.2 Å². The standard InChI is InChI=1S/C22H22ClN5O3/c23-14-3-6-17-16(11-14)21(30)25-20(26(17)9-1-2-10-29)13-27-19-12-24-8-7-18(19)28(22(27)31)15-4-5-15/h3,6-8,11-12,15,29H,1-2,4-5,9-10,13H2. The first-order valence-corrected chi connectivity index (χ1v) is 10.8. The lowest BCUT2D eigenvalue weighted by molar-refractivity contribution is 0.281. The molecule has 1 saturated carbocycles. The third-order valence-electron chi connectivity index (χ3n) is 5.79. The molecule has 0 spiro atoms. The smallest absolute Gasteiger partial charge is 0.329 e. The van der Waals surface area contributed by atoms with E-state index in [0.29, 0.717) is 35.6 Å². The Hall–Kier alpha value is -2.97. The van der Waals surface area contributed by atoms with Crippen molar-refractivity contribution in [3.05, 3.63) is 68.3 Å². The summed E-state index contributed by atoms with van der Waals surface area (Å²) in [7, 11) is 0. The van der Waals surface area contributed by atoms with E-state index >= 15 is 0 Å². The maximum Gasteiger partial charge on any atom is 0.329 e. The quantitative estimate of drug-likeness (QED) is 0.447. The lowest BCUT2D eigenvalue weighted by Crippen LogP contribution is -2.28. The zero-order valence-corrected chi connectivity index (χ0v) is 17.6. The number of hydrogen-bond donors (Lipinski definition) is 1. The molecule has 9 heteroatoms. The molecule has 1 N–H and O–H groups in total. The van der Waals surface area contributed by atoms with Gasteiger partial charge in [-0.2, -0.15) is 4.98 Å². The fourth-order valence-electron chi connectivity index (χ4n) is 4.15. The predicted octanol–water partition coefficient (Wildman–Crippen LogP) is 2.72. The molecule has 160 valence electrons. The second-order valence-corrected chi connectivity index (χ2v) is 8.35. The number of halogens is 1. The number of rotatable bonds is 7. The highest BCUT2D eigenvalue weighted by Gasteiger charge is 2.29. The second-order valence-electron chi connectivity index (χ2n) is 7.91. The average Bonchev–Trinajstić information content (AvgIpc) is 3.56. The van der Waals surface area contributed by atoms with Crippen LogP contribution in [0.5, 0.6) is 0 Å². The third kappa shape index (κ3) is 3.55. The number of pyridine rings is 1. The molecule has 3 aromatic heterocycles. The summed E-state index contributed by atoms with van der Waals surface area (Å²) in [5.41, 5.74) is 1.81. The Morgan fingerprint density at radius 2 is 1.90 bits per heavy atom. The van der Waals surface area contributed by atoms with Crippen LogP contribution < -0.4 is 11.2 Å². The fraction of sp³-hybridized carbons (Fsp3) is 0.364. The van der Waals surface area contributed by atoms with Crippen LogP contribution in [0.15, 0.2) is 46.2 Å². The maximum absolute atomic E-state index is 13.3. The van der Waals surface area contributed by atoms with Gasteiger partial charge in [0.1, 0.15) is 5.82 Å². The van der Waals surface area contributed by atoms with Gasteiger partial charge in [0.25, 0.3) is 5.56 Å². The predicted molar refractivity (Wildman–Crippen MR) is 119 cm³/mol. The molecule has 1 aromatic carbocycles. The number of aryl methyl sites for hydroxylation is 1. The number of benzene rings is 1. The Labute approximate surface area is 182 Å². The van der Waals surface area contributed by atoms with Crippen LogP contribution in [0.25, 0.3) is 21.9 Å². The van der Waals surface area contributed by atoms with Crippen LogP contribution in [0.1, 0.15) is 37.5 Å². The normalized spacial score (nSPS) is 14.0. The molecule has 8 nitrogen and oxygen atoms in total. The van der Waals surface area contributed by atoms with Gasteiger partial charge in [-0.15, -0.1) is 0 Å². The van der Waals surface area contributed by atoms with Gasteiger partial charge in [-0.05, 0) is 49.9 Å². The van der Waals surface area contributed by atoms with Gasteiger partial charge in [0.2, 0.25) is 0 Å². The highest BCUT2D eigenvalue weighted by molar-refractivity contribution is 6.31. The second kappa shape index (κ2) is 7.94. The molecule has 0 saturated heterocycles. The van der Waals surface area contributed by atoms with Crippen molar-refractivity contribution >= 4 is 33.5 Å². The topological polar surface area (TPSA) is 94.9 Å². The van der Waals surface area contributed by atoms with Crippen molar-refractivity contribution in [3.8, 4) is 0 Å². The van der Waals surface area contributed by atoms with Crippen LogP contribution >= 0.6 is 11.6 Å². The van der Waals surface area contributed by atoms with E-state index in [0.717, 1.165) is 29.4 Å². The van der Waals surface area contributed by atoms with Crippen molar-refractivity contribution in [1.29, 1.82) is 0 Å². The first-order valence-electron chi connectivity index (χ1n) is 10.4. The van der Waals surface area contributed by atoms with Gasteiger partial charge < -0.3 is 9.67 Å².